The van der Waals surface area contributed by atoms with Crippen molar-refractivity contribution in [3.63, 3.8) is 0 Å². The Morgan fingerprint density at radius 1 is 1.00 bits per heavy atom. The number of nitrogens with zero attached hydrogens (tertiary/aromatic N) is 6. The minimum atomic E-state index is -0.337. The van der Waals surface area contributed by atoms with Gasteiger partial charge in [-0.2, -0.15) is 0 Å². The Kier molecular flexibility index (Phi) is 5.22. The van der Waals surface area contributed by atoms with Crippen LogP contribution in [0.2, 0.25) is 0 Å². The number of aromatic nitrogens is 4. The molecule has 0 atom stereocenters. The molecule has 0 unspecified atom stereocenters. The summed E-state index contributed by atoms with van der Waals surface area (Å²) in [7, 11) is 1.67. The molecule has 0 bridgehead atoms. The number of fused-ring (bicyclic) bond motifs is 1. The van der Waals surface area contributed by atoms with E-state index in [1.165, 1.54) is 27.5 Å². The van der Waals surface area contributed by atoms with E-state index in [1.807, 2.05) is 24.3 Å². The monoisotopic (exact) mass is 434 g/mol. The fraction of sp³-hybridized carbons (Fsp3) is 0.261. The average molecular weight is 434 g/mol. The predicted molar refractivity (Wildman–Crippen MR) is 120 cm³/mol. The van der Waals surface area contributed by atoms with Crippen LogP contribution in [-0.2, 0) is 6.54 Å². The molecule has 2 aromatic carbocycles. The molecule has 0 aliphatic carbocycles. The fourth-order valence-electron chi connectivity index (χ4n) is 4.00. The number of benzene rings is 2. The number of hydrogen-bond donors (Lipinski definition) is 0. The average Bonchev–Trinajstić information content (AvgIpc) is 3.13. The van der Waals surface area contributed by atoms with Gasteiger partial charge in [-0.3, -0.25) is 0 Å². The third kappa shape index (κ3) is 3.89. The lowest BCUT2D eigenvalue weighted by molar-refractivity contribution is 0.414. The van der Waals surface area contributed by atoms with Gasteiger partial charge in [-0.15, -0.1) is 5.10 Å². The van der Waals surface area contributed by atoms with Crippen LogP contribution in [0.4, 0.5) is 15.9 Å². The molecule has 0 amide bonds. The molecule has 4 aromatic rings. The van der Waals surface area contributed by atoms with Gasteiger partial charge in [-0.1, -0.05) is 18.2 Å². The highest BCUT2D eigenvalue weighted by Gasteiger charge is 2.20. The van der Waals surface area contributed by atoms with E-state index < -0.39 is 0 Å². The van der Waals surface area contributed by atoms with Crippen LogP contribution in [0.5, 0.6) is 5.75 Å². The Morgan fingerprint density at radius 3 is 2.56 bits per heavy atom. The minimum absolute atomic E-state index is 0.201. The van der Waals surface area contributed by atoms with Crippen molar-refractivity contribution in [3.05, 3.63) is 82.8 Å². The second-order valence-electron chi connectivity index (χ2n) is 7.72. The first-order valence-corrected chi connectivity index (χ1v) is 10.4. The lowest BCUT2D eigenvalue weighted by Gasteiger charge is -2.36. The zero-order chi connectivity index (χ0) is 22.1. The van der Waals surface area contributed by atoms with Gasteiger partial charge in [0.2, 0.25) is 0 Å². The lowest BCUT2D eigenvalue weighted by Crippen LogP contribution is -2.46. The first kappa shape index (κ1) is 20.0. The zero-order valence-electron chi connectivity index (χ0n) is 17.7. The third-order valence-corrected chi connectivity index (χ3v) is 5.70. The molecule has 3 heterocycles. The summed E-state index contributed by atoms with van der Waals surface area (Å²) >= 11 is 0. The minimum Gasteiger partial charge on any atom is -0.497 e. The van der Waals surface area contributed by atoms with Crippen LogP contribution in [0, 0.1) is 5.82 Å². The van der Waals surface area contributed by atoms with Gasteiger partial charge in [0.1, 0.15) is 23.7 Å². The molecule has 8 nitrogen and oxygen atoms in total. The Hall–Kier alpha value is -3.88. The number of ether oxygens (including phenoxy) is 1. The zero-order valence-corrected chi connectivity index (χ0v) is 17.7. The molecule has 0 N–H and O–H groups in total. The SMILES string of the molecule is COc1cccc(N2CCN(c3cc4nn(Cc5cccc(F)c5)c(=O)n4cn3)CC2)c1. The second-order valence-corrected chi connectivity index (χ2v) is 7.72. The van der Waals surface area contributed by atoms with Crippen molar-refractivity contribution in [2.75, 3.05) is 43.1 Å². The molecule has 0 saturated carbocycles. The summed E-state index contributed by atoms with van der Waals surface area (Å²) in [5.41, 5.74) is 2.03. The topological polar surface area (TPSA) is 67.9 Å². The van der Waals surface area contributed by atoms with Gasteiger partial charge in [0.15, 0.2) is 5.65 Å². The van der Waals surface area contributed by atoms with Gasteiger partial charge in [0.05, 0.1) is 13.7 Å². The number of rotatable bonds is 5. The van der Waals surface area contributed by atoms with Gasteiger partial charge >= 0.3 is 5.69 Å². The van der Waals surface area contributed by atoms with Crippen molar-refractivity contribution in [1.82, 2.24) is 19.2 Å². The lowest BCUT2D eigenvalue weighted by atomic mass is 10.2. The van der Waals surface area contributed by atoms with Crippen LogP contribution < -0.4 is 20.2 Å². The van der Waals surface area contributed by atoms with Gasteiger partial charge in [0.25, 0.3) is 0 Å². The highest BCUT2D eigenvalue weighted by atomic mass is 19.1. The summed E-state index contributed by atoms with van der Waals surface area (Å²) in [5.74, 6) is 1.29. The van der Waals surface area contributed by atoms with Crippen molar-refractivity contribution >= 4 is 17.2 Å². The smallest absolute Gasteiger partial charge is 0.351 e. The van der Waals surface area contributed by atoms with Crippen molar-refractivity contribution in [2.24, 2.45) is 0 Å². The van der Waals surface area contributed by atoms with E-state index in [0.29, 0.717) is 11.2 Å². The van der Waals surface area contributed by atoms with Crippen molar-refractivity contribution in [3.8, 4) is 5.75 Å². The van der Waals surface area contributed by atoms with E-state index in [9.17, 15) is 9.18 Å². The summed E-state index contributed by atoms with van der Waals surface area (Å²) in [6.45, 7) is 3.50. The van der Waals surface area contributed by atoms with Crippen molar-refractivity contribution in [2.45, 2.75) is 6.54 Å². The molecule has 1 aliphatic heterocycles. The molecule has 0 spiro atoms. The molecular weight excluding hydrogens is 411 g/mol. The van der Waals surface area contributed by atoms with Crippen LogP contribution in [0.1, 0.15) is 5.56 Å². The first-order valence-electron chi connectivity index (χ1n) is 10.4. The van der Waals surface area contributed by atoms with Gasteiger partial charge in [-0.25, -0.2) is 23.3 Å². The van der Waals surface area contributed by atoms with Crippen LogP contribution in [0.25, 0.3) is 5.65 Å². The molecule has 2 aromatic heterocycles. The molecule has 32 heavy (non-hydrogen) atoms. The highest BCUT2D eigenvalue weighted by Crippen LogP contribution is 2.23. The van der Waals surface area contributed by atoms with Gasteiger partial charge in [0, 0.05) is 44.0 Å². The van der Waals surface area contributed by atoms with E-state index in [1.54, 1.807) is 19.2 Å². The van der Waals surface area contributed by atoms with E-state index in [2.05, 4.69) is 25.9 Å². The normalized spacial score (nSPS) is 14.2. The van der Waals surface area contributed by atoms with Crippen molar-refractivity contribution in [1.29, 1.82) is 0 Å². The molecule has 1 fully saturated rings. The first-order chi connectivity index (χ1) is 15.6. The maximum Gasteiger partial charge on any atom is 0.351 e. The summed E-state index contributed by atoms with van der Waals surface area (Å²) in [4.78, 5) is 21.6. The number of piperazine rings is 1. The van der Waals surface area contributed by atoms with E-state index >= 15 is 0 Å². The molecule has 1 saturated heterocycles. The van der Waals surface area contributed by atoms with Crippen LogP contribution in [-0.4, -0.2) is 52.5 Å². The maximum atomic E-state index is 13.5. The largest absolute Gasteiger partial charge is 0.497 e. The van der Waals surface area contributed by atoms with Gasteiger partial charge in [-0.05, 0) is 29.8 Å². The molecule has 5 rings (SSSR count). The Bertz CT molecular complexity index is 1310. The number of methoxy groups -OCH3 is 1. The van der Waals surface area contributed by atoms with Crippen LogP contribution in [0.15, 0.2) is 65.7 Å². The Labute approximate surface area is 184 Å². The van der Waals surface area contributed by atoms with E-state index in [0.717, 1.165) is 43.4 Å². The highest BCUT2D eigenvalue weighted by molar-refractivity contribution is 5.54. The fourth-order valence-corrected chi connectivity index (χ4v) is 4.00. The van der Waals surface area contributed by atoms with Gasteiger partial charge < -0.3 is 14.5 Å². The Morgan fingerprint density at radius 2 is 1.78 bits per heavy atom. The summed E-state index contributed by atoms with van der Waals surface area (Å²) in [6.07, 6.45) is 1.51. The van der Waals surface area contributed by atoms with E-state index in [4.69, 9.17) is 4.74 Å². The molecule has 9 heteroatoms. The molecule has 1 aliphatic rings. The second kappa shape index (κ2) is 8.33. The molecular formula is C23H23FN6O2. The number of hydrogen-bond acceptors (Lipinski definition) is 6. The van der Waals surface area contributed by atoms with Crippen molar-refractivity contribution < 1.29 is 9.13 Å². The Balaban J connectivity index is 1.32. The van der Waals surface area contributed by atoms with Crippen LogP contribution >= 0.6 is 0 Å². The summed E-state index contributed by atoms with van der Waals surface area (Å²) in [6, 6.07) is 16.0. The van der Waals surface area contributed by atoms with E-state index in [-0.39, 0.29) is 18.1 Å². The quantitative estimate of drug-likeness (QED) is 0.481. The standard InChI is InChI=1S/C23H23FN6O2/c1-32-20-7-3-6-19(13-20)27-8-10-28(11-9-27)21-14-22-26-30(23(31)29(22)16-25-21)15-17-4-2-5-18(24)12-17/h2-7,12-14,16H,8-11,15H2,1H3. The number of anilines is 2. The third-order valence-electron chi connectivity index (χ3n) is 5.70. The predicted octanol–water partition coefficient (Wildman–Crippen LogP) is 2.41. The molecule has 164 valence electrons. The maximum absolute atomic E-state index is 13.5. The number of halogens is 1. The summed E-state index contributed by atoms with van der Waals surface area (Å²) in [5, 5.41) is 4.43. The van der Waals surface area contributed by atoms with Crippen LogP contribution in [0.3, 0.4) is 0 Å². The molecule has 0 radical (unpaired) electrons. The summed E-state index contributed by atoms with van der Waals surface area (Å²) < 4.78 is 21.5.